The lowest BCUT2D eigenvalue weighted by atomic mass is 9.99. The van der Waals surface area contributed by atoms with Gasteiger partial charge < -0.3 is 9.84 Å². The van der Waals surface area contributed by atoms with Crippen molar-refractivity contribution < 1.29 is 27.8 Å². The van der Waals surface area contributed by atoms with Gasteiger partial charge in [0.2, 0.25) is 0 Å². The molecular formula is C14H9F3O3. The fourth-order valence-corrected chi connectivity index (χ4v) is 1.82. The van der Waals surface area contributed by atoms with Gasteiger partial charge in [-0.25, -0.2) is 4.79 Å². The second kappa shape index (κ2) is 5.24. The van der Waals surface area contributed by atoms with Gasteiger partial charge in [0.15, 0.2) is 0 Å². The van der Waals surface area contributed by atoms with Crippen molar-refractivity contribution in [1.29, 1.82) is 0 Å². The Morgan fingerprint density at radius 2 is 1.65 bits per heavy atom. The van der Waals surface area contributed by atoms with E-state index in [0.29, 0.717) is 5.56 Å². The van der Waals surface area contributed by atoms with Gasteiger partial charge in [-0.2, -0.15) is 0 Å². The van der Waals surface area contributed by atoms with Gasteiger partial charge in [0.25, 0.3) is 0 Å². The van der Waals surface area contributed by atoms with Gasteiger partial charge in [-0.15, -0.1) is 13.2 Å². The fraction of sp³-hybridized carbons (Fsp3) is 0.0714. The SMILES string of the molecule is O=C(O)c1c(OC(F)(F)F)cccc1-c1ccccc1. The van der Waals surface area contributed by atoms with Crippen LogP contribution in [-0.2, 0) is 0 Å². The molecule has 0 saturated heterocycles. The summed E-state index contributed by atoms with van der Waals surface area (Å²) in [6.07, 6.45) is -4.94. The number of benzene rings is 2. The zero-order valence-corrected chi connectivity index (χ0v) is 10.0. The molecule has 0 fully saturated rings. The number of carboxylic acids is 1. The second-order valence-corrected chi connectivity index (χ2v) is 3.90. The van der Waals surface area contributed by atoms with Crippen LogP contribution < -0.4 is 4.74 Å². The highest BCUT2D eigenvalue weighted by atomic mass is 19.4. The van der Waals surface area contributed by atoms with Gasteiger partial charge in [-0.05, 0) is 17.2 Å². The molecule has 3 nitrogen and oxygen atoms in total. The summed E-state index contributed by atoms with van der Waals surface area (Å²) in [6.45, 7) is 0. The van der Waals surface area contributed by atoms with Crippen molar-refractivity contribution >= 4 is 5.97 Å². The molecule has 0 bridgehead atoms. The molecule has 0 aliphatic heterocycles. The molecule has 2 aromatic rings. The fourth-order valence-electron chi connectivity index (χ4n) is 1.82. The summed E-state index contributed by atoms with van der Waals surface area (Å²) in [5.74, 6) is -2.21. The lowest BCUT2D eigenvalue weighted by molar-refractivity contribution is -0.274. The minimum atomic E-state index is -4.94. The Morgan fingerprint density at radius 3 is 2.20 bits per heavy atom. The van der Waals surface area contributed by atoms with E-state index in [0.717, 1.165) is 6.07 Å². The van der Waals surface area contributed by atoms with Crippen molar-refractivity contribution in [2.24, 2.45) is 0 Å². The van der Waals surface area contributed by atoms with E-state index in [1.165, 1.54) is 12.1 Å². The number of carboxylic acid groups (broad SMARTS) is 1. The molecule has 0 aliphatic carbocycles. The van der Waals surface area contributed by atoms with Crippen molar-refractivity contribution in [2.45, 2.75) is 6.36 Å². The normalized spacial score (nSPS) is 11.2. The Hall–Kier alpha value is -2.50. The molecule has 6 heteroatoms. The molecule has 0 atom stereocenters. The van der Waals surface area contributed by atoms with Crippen LogP contribution in [-0.4, -0.2) is 17.4 Å². The van der Waals surface area contributed by atoms with Crippen LogP contribution in [0.4, 0.5) is 13.2 Å². The van der Waals surface area contributed by atoms with Crippen LogP contribution in [0.2, 0.25) is 0 Å². The highest BCUT2D eigenvalue weighted by Gasteiger charge is 2.33. The number of aromatic carboxylic acids is 1. The number of halogens is 3. The summed E-state index contributed by atoms with van der Waals surface area (Å²) >= 11 is 0. The van der Waals surface area contributed by atoms with Gasteiger partial charge in [-0.3, -0.25) is 0 Å². The van der Waals surface area contributed by atoms with E-state index in [4.69, 9.17) is 5.11 Å². The third-order valence-electron chi connectivity index (χ3n) is 2.55. The van der Waals surface area contributed by atoms with E-state index in [1.54, 1.807) is 30.3 Å². The first-order valence-corrected chi connectivity index (χ1v) is 5.56. The third-order valence-corrected chi connectivity index (χ3v) is 2.55. The Balaban J connectivity index is 2.59. The van der Waals surface area contributed by atoms with E-state index in [1.807, 2.05) is 0 Å². The Morgan fingerprint density at radius 1 is 1.00 bits per heavy atom. The van der Waals surface area contributed by atoms with Gasteiger partial charge >= 0.3 is 12.3 Å². The summed E-state index contributed by atoms with van der Waals surface area (Å²) < 4.78 is 40.7. The number of hydrogen-bond acceptors (Lipinski definition) is 2. The van der Waals surface area contributed by atoms with Gasteiger partial charge in [0.05, 0.1) is 0 Å². The van der Waals surface area contributed by atoms with Crippen LogP contribution in [0.3, 0.4) is 0 Å². The molecule has 0 aliphatic rings. The van der Waals surface area contributed by atoms with Gasteiger partial charge in [0.1, 0.15) is 11.3 Å². The quantitative estimate of drug-likeness (QED) is 0.927. The lowest BCUT2D eigenvalue weighted by Gasteiger charge is -2.14. The smallest absolute Gasteiger partial charge is 0.478 e. The first-order chi connectivity index (χ1) is 9.38. The van der Waals surface area contributed by atoms with Crippen molar-refractivity contribution in [3.05, 3.63) is 54.1 Å². The van der Waals surface area contributed by atoms with Gasteiger partial charge in [-0.1, -0.05) is 42.5 Å². The maximum Gasteiger partial charge on any atom is 0.573 e. The summed E-state index contributed by atoms with van der Waals surface area (Å²) in [6, 6.07) is 12.0. The lowest BCUT2D eigenvalue weighted by Crippen LogP contribution is -2.19. The number of carbonyl (C=O) groups is 1. The first-order valence-electron chi connectivity index (χ1n) is 5.56. The minimum Gasteiger partial charge on any atom is -0.478 e. The van der Waals surface area contributed by atoms with Crippen molar-refractivity contribution in [1.82, 2.24) is 0 Å². The summed E-state index contributed by atoms with van der Waals surface area (Å²) in [7, 11) is 0. The molecular weight excluding hydrogens is 273 g/mol. The number of rotatable bonds is 3. The average molecular weight is 282 g/mol. The highest BCUT2D eigenvalue weighted by Crippen LogP contribution is 2.33. The predicted octanol–water partition coefficient (Wildman–Crippen LogP) is 3.95. The van der Waals surface area contributed by atoms with E-state index in [2.05, 4.69) is 4.74 Å². The predicted molar refractivity (Wildman–Crippen MR) is 65.5 cm³/mol. The summed E-state index contributed by atoms with van der Waals surface area (Å²) in [5.41, 5.74) is 0.147. The molecule has 0 unspecified atom stereocenters. The maximum atomic E-state index is 12.3. The molecule has 1 N–H and O–H groups in total. The summed E-state index contributed by atoms with van der Waals surface area (Å²) in [4.78, 5) is 11.3. The maximum absolute atomic E-state index is 12.3. The number of ether oxygens (including phenoxy) is 1. The Bertz CT molecular complexity index is 621. The van der Waals surface area contributed by atoms with Crippen LogP contribution >= 0.6 is 0 Å². The Kier molecular flexibility index (Phi) is 3.65. The van der Waals surface area contributed by atoms with E-state index in [9.17, 15) is 18.0 Å². The van der Waals surface area contributed by atoms with E-state index < -0.39 is 23.6 Å². The molecule has 0 radical (unpaired) electrons. The van der Waals surface area contributed by atoms with Gasteiger partial charge in [0, 0.05) is 0 Å². The van der Waals surface area contributed by atoms with E-state index in [-0.39, 0.29) is 5.56 Å². The van der Waals surface area contributed by atoms with Crippen LogP contribution in [0.1, 0.15) is 10.4 Å². The molecule has 20 heavy (non-hydrogen) atoms. The molecule has 2 aromatic carbocycles. The van der Waals surface area contributed by atoms with E-state index >= 15 is 0 Å². The monoisotopic (exact) mass is 282 g/mol. The topological polar surface area (TPSA) is 46.5 Å². The molecule has 0 spiro atoms. The standard InChI is InChI=1S/C14H9F3O3/c15-14(16,17)20-11-8-4-7-10(12(11)13(18)19)9-5-2-1-3-6-9/h1-8H,(H,18,19). The van der Waals surface area contributed by atoms with Crippen LogP contribution in [0.5, 0.6) is 5.75 Å². The molecule has 0 amide bonds. The molecule has 0 saturated carbocycles. The highest BCUT2D eigenvalue weighted by molar-refractivity contribution is 5.99. The van der Waals surface area contributed by atoms with Crippen LogP contribution in [0.25, 0.3) is 11.1 Å². The second-order valence-electron chi connectivity index (χ2n) is 3.90. The van der Waals surface area contributed by atoms with Crippen molar-refractivity contribution in [3.8, 4) is 16.9 Å². The Labute approximate surface area is 112 Å². The number of alkyl halides is 3. The first kappa shape index (κ1) is 13.9. The summed E-state index contributed by atoms with van der Waals surface area (Å²) in [5, 5.41) is 9.16. The minimum absolute atomic E-state index is 0.167. The zero-order valence-electron chi connectivity index (χ0n) is 10.0. The number of hydrogen-bond donors (Lipinski definition) is 1. The van der Waals surface area contributed by atoms with Crippen LogP contribution in [0, 0.1) is 0 Å². The molecule has 104 valence electrons. The van der Waals surface area contributed by atoms with Crippen molar-refractivity contribution in [3.63, 3.8) is 0 Å². The molecule has 0 heterocycles. The van der Waals surface area contributed by atoms with Crippen molar-refractivity contribution in [2.75, 3.05) is 0 Å². The third kappa shape index (κ3) is 3.09. The average Bonchev–Trinajstić information content (AvgIpc) is 2.37. The molecule has 0 aromatic heterocycles. The zero-order chi connectivity index (χ0) is 14.8. The molecule has 2 rings (SSSR count). The largest absolute Gasteiger partial charge is 0.573 e. The van der Waals surface area contributed by atoms with Crippen LogP contribution in [0.15, 0.2) is 48.5 Å².